The molecule has 0 aliphatic heterocycles. The predicted molar refractivity (Wildman–Crippen MR) is 78.8 cm³/mol. The summed E-state index contributed by atoms with van der Waals surface area (Å²) in [5.74, 6) is -1.34. The Morgan fingerprint density at radius 1 is 0.850 bits per heavy atom. The second-order valence-electron chi connectivity index (χ2n) is 4.98. The summed E-state index contributed by atoms with van der Waals surface area (Å²) in [6.45, 7) is 5.29. The Labute approximate surface area is 125 Å². The third-order valence-electron chi connectivity index (χ3n) is 3.41. The topological polar surface area (TPSA) is 20.2 Å². The van der Waals surface area contributed by atoms with E-state index in [0.29, 0.717) is 11.1 Å². The van der Waals surface area contributed by atoms with Gasteiger partial charge >= 0.3 is 0 Å². The molecule has 2 aromatic carbocycles. The molecule has 20 heavy (non-hydrogen) atoms. The van der Waals surface area contributed by atoms with Crippen LogP contribution in [0.15, 0.2) is 28.7 Å². The third-order valence-corrected chi connectivity index (χ3v) is 4.27. The number of rotatable bonds is 2. The first kappa shape index (κ1) is 15.1. The van der Waals surface area contributed by atoms with Crippen LogP contribution in [0.2, 0.25) is 0 Å². The monoisotopic (exact) mass is 340 g/mol. The van der Waals surface area contributed by atoms with E-state index in [1.54, 1.807) is 6.92 Å². The van der Waals surface area contributed by atoms with Gasteiger partial charge in [0.2, 0.25) is 0 Å². The largest absolute Gasteiger partial charge is 0.384 e. The van der Waals surface area contributed by atoms with Gasteiger partial charge in [0.15, 0.2) is 0 Å². The molecule has 0 amide bonds. The van der Waals surface area contributed by atoms with E-state index < -0.39 is 17.7 Å². The molecule has 106 valence electrons. The van der Waals surface area contributed by atoms with Crippen molar-refractivity contribution in [3.05, 3.63) is 68.2 Å². The summed E-state index contributed by atoms with van der Waals surface area (Å²) < 4.78 is 28.1. The Morgan fingerprint density at radius 3 is 2.10 bits per heavy atom. The number of aliphatic hydroxyl groups is 1. The van der Waals surface area contributed by atoms with E-state index >= 15 is 0 Å². The van der Waals surface area contributed by atoms with Crippen molar-refractivity contribution in [3.8, 4) is 0 Å². The van der Waals surface area contributed by atoms with Crippen LogP contribution in [-0.2, 0) is 0 Å². The van der Waals surface area contributed by atoms with Crippen molar-refractivity contribution >= 4 is 15.9 Å². The van der Waals surface area contributed by atoms with Crippen LogP contribution in [0.1, 0.15) is 33.9 Å². The van der Waals surface area contributed by atoms with E-state index in [9.17, 15) is 13.9 Å². The number of aliphatic hydroxyl groups excluding tert-OH is 1. The summed E-state index contributed by atoms with van der Waals surface area (Å²) in [5, 5.41) is 10.4. The summed E-state index contributed by atoms with van der Waals surface area (Å²) >= 11 is 3.42. The average molecular weight is 341 g/mol. The van der Waals surface area contributed by atoms with Crippen molar-refractivity contribution in [1.29, 1.82) is 0 Å². The molecule has 0 radical (unpaired) electrons. The van der Waals surface area contributed by atoms with Crippen molar-refractivity contribution in [2.75, 3.05) is 0 Å². The molecule has 4 heteroatoms. The Bertz CT molecular complexity index is 611. The van der Waals surface area contributed by atoms with E-state index in [0.717, 1.165) is 21.7 Å². The van der Waals surface area contributed by atoms with E-state index in [1.165, 1.54) is 6.07 Å². The Morgan fingerprint density at radius 2 is 1.45 bits per heavy atom. The average Bonchev–Trinajstić information content (AvgIpc) is 2.37. The molecule has 0 aliphatic carbocycles. The molecule has 1 atom stereocenters. The molecule has 0 aliphatic rings. The molecule has 2 rings (SSSR count). The van der Waals surface area contributed by atoms with Gasteiger partial charge in [0, 0.05) is 16.1 Å². The minimum Gasteiger partial charge on any atom is -0.384 e. The maximum absolute atomic E-state index is 13.9. The quantitative estimate of drug-likeness (QED) is 0.837. The zero-order valence-corrected chi connectivity index (χ0v) is 13.1. The minimum absolute atomic E-state index is 0.0914. The highest BCUT2D eigenvalue weighted by molar-refractivity contribution is 9.10. The first-order chi connectivity index (χ1) is 9.31. The lowest BCUT2D eigenvalue weighted by Crippen LogP contribution is -2.06. The van der Waals surface area contributed by atoms with Crippen LogP contribution in [0, 0.1) is 32.4 Å². The van der Waals surface area contributed by atoms with Crippen molar-refractivity contribution in [3.63, 3.8) is 0 Å². The summed E-state index contributed by atoms with van der Waals surface area (Å²) in [5.41, 5.74) is 2.82. The smallest absolute Gasteiger partial charge is 0.132 e. The third kappa shape index (κ3) is 2.76. The van der Waals surface area contributed by atoms with Crippen molar-refractivity contribution in [1.82, 2.24) is 0 Å². The van der Waals surface area contributed by atoms with Crippen LogP contribution < -0.4 is 0 Å². The molecule has 0 aromatic heterocycles. The molecule has 0 spiro atoms. The molecule has 0 bridgehead atoms. The first-order valence-corrected chi connectivity index (χ1v) is 7.00. The van der Waals surface area contributed by atoms with Gasteiger partial charge in [0.25, 0.3) is 0 Å². The van der Waals surface area contributed by atoms with E-state index in [-0.39, 0.29) is 5.56 Å². The highest BCUT2D eigenvalue weighted by Gasteiger charge is 2.19. The van der Waals surface area contributed by atoms with Crippen LogP contribution in [0.25, 0.3) is 0 Å². The van der Waals surface area contributed by atoms with Gasteiger partial charge in [-0.2, -0.15) is 0 Å². The van der Waals surface area contributed by atoms with Gasteiger partial charge in [0.05, 0.1) is 0 Å². The number of halogens is 3. The second-order valence-corrected chi connectivity index (χ2v) is 5.84. The van der Waals surface area contributed by atoms with Crippen LogP contribution in [-0.4, -0.2) is 5.11 Å². The van der Waals surface area contributed by atoms with Gasteiger partial charge in [-0.1, -0.05) is 22.0 Å². The lowest BCUT2D eigenvalue weighted by Gasteiger charge is -2.17. The van der Waals surface area contributed by atoms with Gasteiger partial charge in [-0.15, -0.1) is 0 Å². The molecule has 1 nitrogen and oxygen atoms in total. The van der Waals surface area contributed by atoms with Gasteiger partial charge in [-0.05, 0) is 55.2 Å². The lowest BCUT2D eigenvalue weighted by atomic mass is 9.94. The minimum atomic E-state index is -1.11. The maximum Gasteiger partial charge on any atom is 0.132 e. The van der Waals surface area contributed by atoms with Gasteiger partial charge < -0.3 is 5.11 Å². The standard InChI is InChI=1S/C16H15BrF2O/c1-8-6-13(17)9(2)4-11(8)16(20)12-5-10(3)14(18)7-15(12)19/h4-7,16,20H,1-3H3. The van der Waals surface area contributed by atoms with E-state index in [4.69, 9.17) is 0 Å². The highest BCUT2D eigenvalue weighted by Crippen LogP contribution is 2.31. The first-order valence-electron chi connectivity index (χ1n) is 6.21. The zero-order chi connectivity index (χ0) is 15.0. The van der Waals surface area contributed by atoms with Gasteiger partial charge in [-0.25, -0.2) is 8.78 Å². The molecule has 1 N–H and O–H groups in total. The van der Waals surface area contributed by atoms with Crippen molar-refractivity contribution in [2.45, 2.75) is 26.9 Å². The molecule has 0 saturated carbocycles. The fourth-order valence-corrected chi connectivity index (χ4v) is 2.61. The van der Waals surface area contributed by atoms with Crippen molar-refractivity contribution in [2.24, 2.45) is 0 Å². The second kappa shape index (κ2) is 5.62. The van der Waals surface area contributed by atoms with Gasteiger partial charge in [0.1, 0.15) is 17.7 Å². The predicted octanol–water partition coefficient (Wildman–Crippen LogP) is 4.73. The molecular formula is C16H15BrF2O. The van der Waals surface area contributed by atoms with Crippen LogP contribution in [0.3, 0.4) is 0 Å². The molecule has 2 aromatic rings. The molecule has 0 fully saturated rings. The summed E-state index contributed by atoms with van der Waals surface area (Å²) in [4.78, 5) is 0. The molecular weight excluding hydrogens is 326 g/mol. The fourth-order valence-electron chi connectivity index (χ4n) is 2.15. The van der Waals surface area contributed by atoms with Crippen LogP contribution >= 0.6 is 15.9 Å². The molecule has 1 unspecified atom stereocenters. The maximum atomic E-state index is 13.9. The van der Waals surface area contributed by atoms with E-state index in [2.05, 4.69) is 15.9 Å². The number of hydrogen-bond donors (Lipinski definition) is 1. The molecule has 0 heterocycles. The number of benzene rings is 2. The summed E-state index contributed by atoms with van der Waals surface area (Å²) in [6, 6.07) is 5.85. The highest BCUT2D eigenvalue weighted by atomic mass is 79.9. The van der Waals surface area contributed by atoms with E-state index in [1.807, 2.05) is 26.0 Å². The normalized spacial score (nSPS) is 12.6. The van der Waals surface area contributed by atoms with Crippen LogP contribution in [0.4, 0.5) is 8.78 Å². The number of hydrogen-bond acceptors (Lipinski definition) is 1. The van der Waals surface area contributed by atoms with Crippen molar-refractivity contribution < 1.29 is 13.9 Å². The summed E-state index contributed by atoms with van der Waals surface area (Å²) in [7, 11) is 0. The zero-order valence-electron chi connectivity index (χ0n) is 11.5. The van der Waals surface area contributed by atoms with Crippen LogP contribution in [0.5, 0.6) is 0 Å². The Kier molecular flexibility index (Phi) is 4.25. The molecule has 0 saturated heterocycles. The van der Waals surface area contributed by atoms with Gasteiger partial charge in [-0.3, -0.25) is 0 Å². The number of aryl methyl sites for hydroxylation is 3. The fraction of sp³-hybridized carbons (Fsp3) is 0.250. The summed E-state index contributed by atoms with van der Waals surface area (Å²) in [6.07, 6.45) is -1.11. The Hall–Kier alpha value is -1.26. The lowest BCUT2D eigenvalue weighted by molar-refractivity contribution is 0.213. The Balaban J connectivity index is 2.54. The SMILES string of the molecule is Cc1cc(C(O)c2cc(C)c(Br)cc2C)c(F)cc1F.